The fraction of sp³-hybridized carbons (Fsp3) is 0. The van der Waals surface area contributed by atoms with Crippen LogP contribution in [0, 0.1) is 0 Å². The lowest BCUT2D eigenvalue weighted by atomic mass is 9.89. The molecule has 1 aliphatic heterocycles. The number of para-hydroxylation sites is 3. The van der Waals surface area contributed by atoms with Gasteiger partial charge in [-0.1, -0.05) is 103 Å². The number of benzene rings is 8. The van der Waals surface area contributed by atoms with E-state index in [1.54, 1.807) is 0 Å². The number of nitrogens with zero attached hydrogens (tertiary/aromatic N) is 2. The molecular formula is C46H30N2O. The molecule has 0 unspecified atom stereocenters. The molecule has 49 heavy (non-hydrogen) atoms. The highest BCUT2D eigenvalue weighted by molar-refractivity contribution is 6.14. The monoisotopic (exact) mass is 631 g/mol. The third-order valence-electron chi connectivity index (χ3n) is 9.45. The Morgan fingerprint density at radius 1 is 0.490 bits per heavy atom. The summed E-state index contributed by atoms with van der Waals surface area (Å²) in [5, 5.41) is 4.11. The van der Waals surface area contributed by atoms with Gasteiger partial charge in [0.15, 0.2) is 0 Å². The zero-order valence-electron chi connectivity index (χ0n) is 31.2. The Morgan fingerprint density at radius 2 is 1.20 bits per heavy atom. The van der Waals surface area contributed by atoms with Crippen molar-refractivity contribution in [3.63, 3.8) is 0 Å². The molecule has 0 amide bonds. The van der Waals surface area contributed by atoms with Crippen LogP contribution in [0.4, 0.5) is 34.1 Å². The van der Waals surface area contributed by atoms with Crippen molar-refractivity contribution in [2.75, 3.05) is 9.80 Å². The molecule has 0 saturated heterocycles. The van der Waals surface area contributed by atoms with E-state index in [1.165, 1.54) is 0 Å². The minimum Gasteiger partial charge on any atom is -0.456 e. The summed E-state index contributed by atoms with van der Waals surface area (Å²) in [6.45, 7) is 0. The van der Waals surface area contributed by atoms with Crippen LogP contribution in [0.25, 0.3) is 55.0 Å². The third kappa shape index (κ3) is 4.44. The van der Waals surface area contributed by atoms with Gasteiger partial charge >= 0.3 is 0 Å². The highest BCUT2D eigenvalue weighted by Crippen LogP contribution is 2.51. The van der Waals surface area contributed by atoms with Crippen LogP contribution in [0.2, 0.25) is 0 Å². The molecule has 9 aromatic rings. The molecule has 0 fully saturated rings. The van der Waals surface area contributed by atoms with E-state index < -0.39 is 6.04 Å². The fourth-order valence-corrected chi connectivity index (χ4v) is 7.26. The Labute approximate surface area is 291 Å². The maximum atomic E-state index is 8.89. The average molecular weight is 632 g/mol. The summed E-state index contributed by atoms with van der Waals surface area (Å²) in [5.41, 5.74) is 10.4. The standard InChI is InChI=1S/C46H30N2O/c1-3-13-34(14-4-1)47(37-26-28-45-41(30-37)38-17-7-8-20-44(38)49-45)36-24-21-31(22-25-36)33-23-27-42-40(29-33)39-18-9-11-32-12-10-19-43(46(32)39)48(42)35-15-5-2-6-16-35/h1-30H/i2D,5D,6D,15D,16D. The number of hydrogen-bond acceptors (Lipinski definition) is 3. The number of furan rings is 1. The molecule has 8 aromatic carbocycles. The number of anilines is 6. The first-order valence-electron chi connectivity index (χ1n) is 18.8. The van der Waals surface area contributed by atoms with Crippen LogP contribution in [-0.2, 0) is 0 Å². The van der Waals surface area contributed by atoms with E-state index in [1.807, 2.05) is 89.8 Å². The zero-order chi connectivity index (χ0) is 36.7. The Morgan fingerprint density at radius 3 is 2.06 bits per heavy atom. The zero-order valence-corrected chi connectivity index (χ0v) is 26.2. The topological polar surface area (TPSA) is 19.6 Å². The molecule has 230 valence electrons. The highest BCUT2D eigenvalue weighted by atomic mass is 16.3. The first kappa shape index (κ1) is 22.9. The molecule has 2 heterocycles. The molecule has 0 N–H and O–H groups in total. The number of rotatable bonds is 5. The number of hydrogen-bond donors (Lipinski definition) is 0. The highest BCUT2D eigenvalue weighted by Gasteiger charge is 2.26. The molecule has 3 nitrogen and oxygen atoms in total. The van der Waals surface area contributed by atoms with Gasteiger partial charge < -0.3 is 14.2 Å². The summed E-state index contributed by atoms with van der Waals surface area (Å²) < 4.78 is 49.0. The SMILES string of the molecule is [2H]c1c([2H])c([2H])c(N2c3ccc(-c4ccc(N(c5ccccc5)c5ccc6oc7ccccc7c6c5)cc4)cc3-c3cccc4cccc2c34)c([2H])c1[2H]. The summed E-state index contributed by atoms with van der Waals surface area (Å²) in [6, 6.07) is 49.9. The first-order chi connectivity index (χ1) is 26.4. The molecule has 0 bridgehead atoms. The molecule has 0 aliphatic carbocycles. The van der Waals surface area contributed by atoms with Crippen molar-refractivity contribution < 1.29 is 11.3 Å². The summed E-state index contributed by atoms with van der Waals surface area (Å²) in [7, 11) is 0. The summed E-state index contributed by atoms with van der Waals surface area (Å²) in [6.07, 6.45) is 0. The van der Waals surface area contributed by atoms with Crippen LogP contribution in [0.15, 0.2) is 186 Å². The molecule has 0 saturated carbocycles. The van der Waals surface area contributed by atoms with E-state index in [9.17, 15) is 0 Å². The second-order valence-electron chi connectivity index (χ2n) is 12.2. The van der Waals surface area contributed by atoms with E-state index in [2.05, 4.69) is 71.6 Å². The predicted octanol–water partition coefficient (Wildman–Crippen LogP) is 13.3. The molecule has 1 aromatic heterocycles. The minimum atomic E-state index is -0.412. The van der Waals surface area contributed by atoms with Crippen molar-refractivity contribution in [2.45, 2.75) is 0 Å². The Hall–Kier alpha value is -6.58. The van der Waals surface area contributed by atoms with Gasteiger partial charge in [-0.25, -0.2) is 0 Å². The van der Waals surface area contributed by atoms with Crippen molar-refractivity contribution >= 4 is 66.8 Å². The molecule has 0 atom stereocenters. The molecular weight excluding hydrogens is 597 g/mol. The fourth-order valence-electron chi connectivity index (χ4n) is 7.26. The maximum absolute atomic E-state index is 8.89. The van der Waals surface area contributed by atoms with E-state index in [0.29, 0.717) is 0 Å². The quantitative estimate of drug-likeness (QED) is 0.188. The lowest BCUT2D eigenvalue weighted by molar-refractivity contribution is 0.669. The Kier molecular flexibility index (Phi) is 5.13. The molecule has 3 heteroatoms. The molecule has 0 radical (unpaired) electrons. The van der Waals surface area contributed by atoms with Gasteiger partial charge in [-0.05, 0) is 101 Å². The van der Waals surface area contributed by atoms with Crippen molar-refractivity contribution in [2.24, 2.45) is 0 Å². The van der Waals surface area contributed by atoms with Crippen molar-refractivity contribution in [3.8, 4) is 22.3 Å². The molecule has 0 spiro atoms. The van der Waals surface area contributed by atoms with Gasteiger partial charge in [-0.15, -0.1) is 0 Å². The van der Waals surface area contributed by atoms with Gasteiger partial charge in [0.05, 0.1) is 18.2 Å². The number of fused-ring (bicyclic) bond motifs is 5. The van der Waals surface area contributed by atoms with E-state index in [-0.39, 0.29) is 29.9 Å². The second kappa shape index (κ2) is 11.0. The van der Waals surface area contributed by atoms with Crippen LogP contribution < -0.4 is 9.80 Å². The van der Waals surface area contributed by atoms with Crippen LogP contribution in [0.5, 0.6) is 0 Å². The summed E-state index contributed by atoms with van der Waals surface area (Å²) in [4.78, 5) is 4.07. The van der Waals surface area contributed by atoms with Crippen LogP contribution in [0.1, 0.15) is 6.85 Å². The third-order valence-corrected chi connectivity index (χ3v) is 9.45. The Bertz CT molecular complexity index is 2920. The normalized spacial score (nSPS) is 13.5. The van der Waals surface area contributed by atoms with Crippen molar-refractivity contribution in [3.05, 3.63) is 182 Å². The van der Waals surface area contributed by atoms with Gasteiger partial charge in [0.25, 0.3) is 0 Å². The van der Waals surface area contributed by atoms with Gasteiger partial charge in [0.1, 0.15) is 11.2 Å². The van der Waals surface area contributed by atoms with E-state index in [4.69, 9.17) is 11.3 Å². The van der Waals surface area contributed by atoms with E-state index in [0.717, 1.165) is 83.4 Å². The average Bonchev–Trinajstić information content (AvgIpc) is 3.59. The lowest BCUT2D eigenvalue weighted by Gasteiger charge is -2.33. The second-order valence-corrected chi connectivity index (χ2v) is 12.2. The summed E-state index contributed by atoms with van der Waals surface area (Å²) >= 11 is 0. The predicted molar refractivity (Wildman–Crippen MR) is 205 cm³/mol. The van der Waals surface area contributed by atoms with Crippen LogP contribution in [-0.4, -0.2) is 0 Å². The van der Waals surface area contributed by atoms with Crippen LogP contribution >= 0.6 is 0 Å². The van der Waals surface area contributed by atoms with Gasteiger partial charge in [-0.2, -0.15) is 0 Å². The van der Waals surface area contributed by atoms with Gasteiger partial charge in [0.2, 0.25) is 0 Å². The largest absolute Gasteiger partial charge is 0.456 e. The van der Waals surface area contributed by atoms with E-state index >= 15 is 0 Å². The first-order valence-corrected chi connectivity index (χ1v) is 16.3. The maximum Gasteiger partial charge on any atom is 0.135 e. The van der Waals surface area contributed by atoms with Crippen molar-refractivity contribution in [1.29, 1.82) is 0 Å². The lowest BCUT2D eigenvalue weighted by Crippen LogP contribution is -2.15. The van der Waals surface area contributed by atoms with Gasteiger partial charge in [-0.3, -0.25) is 0 Å². The minimum absolute atomic E-state index is 0.129. The smallest absolute Gasteiger partial charge is 0.135 e. The summed E-state index contributed by atoms with van der Waals surface area (Å²) in [5.74, 6) is 0. The molecule has 10 rings (SSSR count). The Balaban J connectivity index is 1.10. The molecule has 1 aliphatic rings. The van der Waals surface area contributed by atoms with Crippen LogP contribution in [0.3, 0.4) is 0 Å². The van der Waals surface area contributed by atoms with Crippen molar-refractivity contribution in [1.82, 2.24) is 0 Å². The van der Waals surface area contributed by atoms with Gasteiger partial charge in [0, 0.05) is 44.5 Å².